The standard InChI is InChI=1S/C16H14FN3O3S/c17-12-3-1-11(2-4-12)16-7-14(21)10-20(16)24(22,23)15-6-5-13(8-18)19-9-15/h1-6,9,14,16,21H,7,10H2/t14-,16-/m0/s1. The fraction of sp³-hybridized carbons (Fsp3) is 0.250. The molecule has 0 radical (unpaired) electrons. The zero-order valence-electron chi connectivity index (χ0n) is 12.5. The predicted octanol–water partition coefficient (Wildman–Crippen LogP) is 1.59. The molecule has 1 aliphatic heterocycles. The second-order valence-electron chi connectivity index (χ2n) is 5.52. The highest BCUT2D eigenvalue weighted by Gasteiger charge is 2.40. The maximum Gasteiger partial charge on any atom is 0.245 e. The summed E-state index contributed by atoms with van der Waals surface area (Å²) in [4.78, 5) is 3.73. The highest BCUT2D eigenvalue weighted by atomic mass is 32.2. The first-order valence-electron chi connectivity index (χ1n) is 7.23. The summed E-state index contributed by atoms with van der Waals surface area (Å²) in [6, 6.07) is 9.42. The van der Waals surface area contributed by atoms with E-state index in [0.717, 1.165) is 6.20 Å². The first kappa shape index (κ1) is 16.5. The first-order chi connectivity index (χ1) is 11.4. The van der Waals surface area contributed by atoms with Crippen LogP contribution in [0.15, 0.2) is 47.5 Å². The third-order valence-corrected chi connectivity index (χ3v) is 5.80. The Morgan fingerprint density at radius 3 is 2.54 bits per heavy atom. The third kappa shape index (κ3) is 3.01. The molecule has 3 rings (SSSR count). The maximum absolute atomic E-state index is 13.1. The van der Waals surface area contributed by atoms with Gasteiger partial charge in [-0.2, -0.15) is 9.57 Å². The SMILES string of the molecule is N#Cc1ccc(S(=O)(=O)N2C[C@@H](O)C[C@H]2c2ccc(F)cc2)cn1. The molecule has 6 nitrogen and oxygen atoms in total. The Balaban J connectivity index is 1.98. The van der Waals surface area contributed by atoms with Gasteiger partial charge in [-0.15, -0.1) is 0 Å². The van der Waals surface area contributed by atoms with E-state index in [9.17, 15) is 17.9 Å². The van der Waals surface area contributed by atoms with Crippen LogP contribution in [0.25, 0.3) is 0 Å². The van der Waals surface area contributed by atoms with Crippen LogP contribution < -0.4 is 0 Å². The number of β-amino-alcohol motifs (C(OH)–C–C–N with tert-alkyl or cyclic N) is 1. The molecule has 0 amide bonds. The molecule has 1 N–H and O–H groups in total. The van der Waals surface area contributed by atoms with Crippen molar-refractivity contribution in [2.45, 2.75) is 23.5 Å². The molecule has 2 atom stereocenters. The number of nitriles is 1. The number of sulfonamides is 1. The minimum absolute atomic E-state index is 0.0512. The topological polar surface area (TPSA) is 94.3 Å². The summed E-state index contributed by atoms with van der Waals surface area (Å²) in [7, 11) is -3.90. The van der Waals surface area contributed by atoms with Gasteiger partial charge in [0.05, 0.1) is 12.1 Å². The van der Waals surface area contributed by atoms with Gasteiger partial charge in [0, 0.05) is 12.7 Å². The van der Waals surface area contributed by atoms with Crippen LogP contribution >= 0.6 is 0 Å². The van der Waals surface area contributed by atoms with Crippen molar-refractivity contribution < 1.29 is 17.9 Å². The van der Waals surface area contributed by atoms with Gasteiger partial charge in [0.15, 0.2) is 0 Å². The minimum atomic E-state index is -3.90. The molecular weight excluding hydrogens is 333 g/mol. The molecule has 8 heteroatoms. The molecule has 24 heavy (non-hydrogen) atoms. The average molecular weight is 347 g/mol. The molecule has 2 heterocycles. The van der Waals surface area contributed by atoms with Crippen LogP contribution in [0, 0.1) is 17.1 Å². The van der Waals surface area contributed by atoms with Crippen molar-refractivity contribution >= 4 is 10.0 Å². The normalized spacial score (nSPS) is 21.5. The van der Waals surface area contributed by atoms with Crippen LogP contribution in [0.3, 0.4) is 0 Å². The van der Waals surface area contributed by atoms with Crippen LogP contribution in [0.2, 0.25) is 0 Å². The number of aliphatic hydroxyl groups is 1. The zero-order chi connectivity index (χ0) is 17.3. The van der Waals surface area contributed by atoms with E-state index in [1.807, 2.05) is 6.07 Å². The van der Waals surface area contributed by atoms with Crippen LogP contribution in [0.1, 0.15) is 23.7 Å². The molecule has 1 fully saturated rings. The van der Waals surface area contributed by atoms with E-state index in [0.29, 0.717) is 5.56 Å². The molecule has 2 aromatic rings. The Labute approximate surface area is 138 Å². The number of benzene rings is 1. The summed E-state index contributed by atoms with van der Waals surface area (Å²) in [6.07, 6.45) is 0.552. The number of hydrogen-bond donors (Lipinski definition) is 1. The quantitative estimate of drug-likeness (QED) is 0.910. The smallest absolute Gasteiger partial charge is 0.245 e. The van der Waals surface area contributed by atoms with Crippen LogP contribution in [-0.4, -0.2) is 35.5 Å². The van der Waals surface area contributed by atoms with E-state index in [4.69, 9.17) is 5.26 Å². The fourth-order valence-corrected chi connectivity index (χ4v) is 4.38. The van der Waals surface area contributed by atoms with E-state index < -0.39 is 28.0 Å². The van der Waals surface area contributed by atoms with Gasteiger partial charge < -0.3 is 5.11 Å². The molecule has 1 aliphatic rings. The van der Waals surface area contributed by atoms with E-state index >= 15 is 0 Å². The number of nitrogens with zero attached hydrogens (tertiary/aromatic N) is 3. The summed E-state index contributed by atoms with van der Waals surface area (Å²) in [5, 5.41) is 18.7. The molecule has 0 bridgehead atoms. The van der Waals surface area contributed by atoms with E-state index in [2.05, 4.69) is 4.98 Å². The Morgan fingerprint density at radius 1 is 1.25 bits per heavy atom. The van der Waals surface area contributed by atoms with Crippen molar-refractivity contribution in [1.82, 2.24) is 9.29 Å². The fourth-order valence-electron chi connectivity index (χ4n) is 2.77. The molecule has 0 spiro atoms. The van der Waals surface area contributed by atoms with Gasteiger partial charge >= 0.3 is 0 Å². The largest absolute Gasteiger partial charge is 0.392 e. The minimum Gasteiger partial charge on any atom is -0.392 e. The Hall–Kier alpha value is -2.34. The zero-order valence-corrected chi connectivity index (χ0v) is 13.3. The van der Waals surface area contributed by atoms with Gasteiger partial charge in [-0.3, -0.25) is 0 Å². The number of hydrogen-bond acceptors (Lipinski definition) is 5. The van der Waals surface area contributed by atoms with E-state index in [1.165, 1.54) is 40.7 Å². The highest BCUT2D eigenvalue weighted by molar-refractivity contribution is 7.89. The summed E-state index contributed by atoms with van der Waals surface area (Å²) in [5.41, 5.74) is 0.726. The monoisotopic (exact) mass is 347 g/mol. The number of rotatable bonds is 3. The van der Waals surface area contributed by atoms with Crippen molar-refractivity contribution in [3.8, 4) is 6.07 Å². The highest BCUT2D eigenvalue weighted by Crippen LogP contribution is 2.36. The van der Waals surface area contributed by atoms with Crippen LogP contribution in [0.5, 0.6) is 0 Å². The van der Waals surface area contributed by atoms with E-state index in [-0.39, 0.29) is 23.6 Å². The molecule has 1 saturated heterocycles. The van der Waals surface area contributed by atoms with Gasteiger partial charge in [0.1, 0.15) is 22.5 Å². The van der Waals surface area contributed by atoms with Crippen molar-refractivity contribution in [2.24, 2.45) is 0 Å². The molecule has 0 saturated carbocycles. The number of pyridine rings is 1. The molecular formula is C16H14FN3O3S. The lowest BCUT2D eigenvalue weighted by atomic mass is 10.0. The first-order valence-corrected chi connectivity index (χ1v) is 8.67. The average Bonchev–Trinajstić information content (AvgIpc) is 2.98. The summed E-state index contributed by atoms with van der Waals surface area (Å²) < 4.78 is 40.0. The van der Waals surface area contributed by atoms with Gasteiger partial charge in [-0.25, -0.2) is 17.8 Å². The van der Waals surface area contributed by atoms with Crippen molar-refractivity contribution in [3.05, 3.63) is 59.7 Å². The summed E-state index contributed by atoms with van der Waals surface area (Å²) in [6.45, 7) is -0.0512. The Morgan fingerprint density at radius 2 is 1.96 bits per heavy atom. The van der Waals surface area contributed by atoms with Crippen LogP contribution in [0.4, 0.5) is 4.39 Å². The lowest BCUT2D eigenvalue weighted by molar-refractivity contribution is 0.188. The maximum atomic E-state index is 13.1. The number of halogens is 1. The Kier molecular flexibility index (Phi) is 4.32. The number of aromatic nitrogens is 1. The summed E-state index contributed by atoms with van der Waals surface area (Å²) in [5.74, 6) is -0.414. The second-order valence-corrected chi connectivity index (χ2v) is 7.41. The molecule has 1 aromatic heterocycles. The molecule has 0 aliphatic carbocycles. The third-order valence-electron chi connectivity index (χ3n) is 3.95. The van der Waals surface area contributed by atoms with Gasteiger partial charge in [-0.1, -0.05) is 12.1 Å². The van der Waals surface area contributed by atoms with Crippen molar-refractivity contribution in [3.63, 3.8) is 0 Å². The van der Waals surface area contributed by atoms with Gasteiger partial charge in [0.2, 0.25) is 10.0 Å². The molecule has 0 unspecified atom stereocenters. The Bertz CT molecular complexity index is 876. The van der Waals surface area contributed by atoms with Crippen molar-refractivity contribution in [1.29, 1.82) is 5.26 Å². The van der Waals surface area contributed by atoms with E-state index in [1.54, 1.807) is 0 Å². The lowest BCUT2D eigenvalue weighted by Gasteiger charge is -2.24. The predicted molar refractivity (Wildman–Crippen MR) is 82.6 cm³/mol. The van der Waals surface area contributed by atoms with Crippen LogP contribution in [-0.2, 0) is 10.0 Å². The lowest BCUT2D eigenvalue weighted by Crippen LogP contribution is -2.32. The molecule has 1 aromatic carbocycles. The van der Waals surface area contributed by atoms with Gasteiger partial charge in [0.25, 0.3) is 0 Å². The summed E-state index contributed by atoms with van der Waals surface area (Å²) >= 11 is 0. The number of aliphatic hydroxyl groups excluding tert-OH is 1. The van der Waals surface area contributed by atoms with Crippen molar-refractivity contribution in [2.75, 3.05) is 6.54 Å². The van der Waals surface area contributed by atoms with Gasteiger partial charge in [-0.05, 0) is 36.2 Å². The second kappa shape index (κ2) is 6.28. The molecule has 124 valence electrons.